The molecule has 0 aliphatic carbocycles. The highest BCUT2D eigenvalue weighted by molar-refractivity contribution is 5.76. The van der Waals surface area contributed by atoms with Gasteiger partial charge in [0.25, 0.3) is 0 Å². The van der Waals surface area contributed by atoms with Gasteiger partial charge in [-0.2, -0.15) is 0 Å². The van der Waals surface area contributed by atoms with Crippen LogP contribution in [-0.4, -0.2) is 87.5 Å². The number of aliphatic hydroxyl groups excluding tert-OH is 5. The zero-order valence-corrected chi connectivity index (χ0v) is 45.1. The van der Waals surface area contributed by atoms with Gasteiger partial charge in [-0.3, -0.25) is 4.79 Å². The molecule has 0 radical (unpaired) electrons. The van der Waals surface area contributed by atoms with Crippen molar-refractivity contribution in [3.63, 3.8) is 0 Å². The summed E-state index contributed by atoms with van der Waals surface area (Å²) in [4.78, 5) is 13.1. The Morgan fingerprint density at radius 1 is 0.478 bits per heavy atom. The van der Waals surface area contributed by atoms with Crippen LogP contribution >= 0.6 is 0 Å². The van der Waals surface area contributed by atoms with Crippen molar-refractivity contribution >= 4 is 5.91 Å². The van der Waals surface area contributed by atoms with Gasteiger partial charge in [-0.1, -0.05) is 256 Å². The Morgan fingerprint density at radius 3 is 1.22 bits per heavy atom. The summed E-state index contributed by atoms with van der Waals surface area (Å²) in [6, 6.07) is -0.824. The van der Waals surface area contributed by atoms with Crippen LogP contribution in [0, 0.1) is 0 Å². The largest absolute Gasteiger partial charge is 0.394 e. The molecule has 9 nitrogen and oxygen atoms in total. The van der Waals surface area contributed by atoms with Gasteiger partial charge < -0.3 is 40.3 Å². The van der Waals surface area contributed by atoms with Gasteiger partial charge >= 0.3 is 0 Å². The first-order valence-corrected chi connectivity index (χ1v) is 29.7. The molecule has 7 unspecified atom stereocenters. The van der Waals surface area contributed by atoms with Crippen LogP contribution in [-0.2, 0) is 14.3 Å². The predicted molar refractivity (Wildman–Crippen MR) is 290 cm³/mol. The lowest BCUT2D eigenvalue weighted by Gasteiger charge is -2.40. The second-order valence-corrected chi connectivity index (χ2v) is 20.8. The van der Waals surface area contributed by atoms with E-state index >= 15 is 0 Å². The van der Waals surface area contributed by atoms with Crippen LogP contribution in [0.2, 0.25) is 0 Å². The monoisotopic (exact) mass is 976 g/mol. The molecule has 9 heteroatoms. The summed E-state index contributed by atoms with van der Waals surface area (Å²) in [7, 11) is 0. The fraction of sp³-hybridized carbons (Fsp3) is 0.883. The summed E-state index contributed by atoms with van der Waals surface area (Å²) >= 11 is 0. The summed E-state index contributed by atoms with van der Waals surface area (Å²) in [5, 5.41) is 54.5. The predicted octanol–water partition coefficient (Wildman–Crippen LogP) is 14.7. The minimum absolute atomic E-state index is 0.188. The molecule has 7 atom stereocenters. The van der Waals surface area contributed by atoms with E-state index in [1.165, 1.54) is 212 Å². The maximum atomic E-state index is 13.1. The van der Waals surface area contributed by atoms with Crippen molar-refractivity contribution in [3.05, 3.63) is 36.5 Å². The van der Waals surface area contributed by atoms with E-state index in [1.807, 2.05) is 6.08 Å². The standard InChI is InChI=1S/C60H113NO8/c1-3-5-7-9-11-13-15-17-19-21-23-25-26-27-28-30-31-33-35-37-39-41-43-45-47-49-54(63)53(52-68-60-59(67)58(66)57(65)55(51-62)69-60)61-56(64)50-48-46-44-42-40-38-36-34-32-29-24-22-20-18-16-14-12-10-8-6-4-2/h29,32,39,41,47,49,53-55,57-60,62-63,65-67H,3-28,30-31,33-38,40,42-46,48,50-52H2,1-2H3,(H,61,64)/b32-29-,41-39+,49-47+. The fourth-order valence-electron chi connectivity index (χ4n) is 9.46. The van der Waals surface area contributed by atoms with Gasteiger partial charge in [0.15, 0.2) is 6.29 Å². The Balaban J connectivity index is 2.24. The number of unbranched alkanes of at least 4 members (excludes halogenated alkanes) is 37. The van der Waals surface area contributed by atoms with Crippen molar-refractivity contribution in [2.24, 2.45) is 0 Å². The van der Waals surface area contributed by atoms with E-state index in [1.54, 1.807) is 6.08 Å². The van der Waals surface area contributed by atoms with E-state index < -0.39 is 49.5 Å². The molecule has 6 N–H and O–H groups in total. The summed E-state index contributed by atoms with van der Waals surface area (Å²) in [6.07, 6.45) is 57.9. The molecule has 0 aromatic rings. The van der Waals surface area contributed by atoms with Gasteiger partial charge in [-0.25, -0.2) is 0 Å². The van der Waals surface area contributed by atoms with Gasteiger partial charge in [0, 0.05) is 6.42 Å². The fourth-order valence-corrected chi connectivity index (χ4v) is 9.46. The average molecular weight is 977 g/mol. The van der Waals surface area contributed by atoms with Gasteiger partial charge in [0.2, 0.25) is 5.91 Å². The first-order chi connectivity index (χ1) is 33.8. The molecular formula is C60H113NO8. The van der Waals surface area contributed by atoms with E-state index in [-0.39, 0.29) is 12.5 Å². The number of aliphatic hydroxyl groups is 5. The van der Waals surface area contributed by atoms with Gasteiger partial charge in [0.05, 0.1) is 25.4 Å². The Kier molecular flexibility index (Phi) is 47.4. The zero-order chi connectivity index (χ0) is 50.1. The molecule has 1 fully saturated rings. The molecule has 1 rings (SSSR count). The Bertz CT molecular complexity index is 1180. The molecule has 1 heterocycles. The molecule has 1 amide bonds. The third-order valence-electron chi connectivity index (χ3n) is 14.2. The quantitative estimate of drug-likeness (QED) is 0.0261. The highest BCUT2D eigenvalue weighted by Crippen LogP contribution is 2.23. The third-order valence-corrected chi connectivity index (χ3v) is 14.2. The van der Waals surface area contributed by atoms with Crippen LogP contribution in [0.5, 0.6) is 0 Å². The molecule has 1 aliphatic rings. The van der Waals surface area contributed by atoms with Crippen LogP contribution in [0.1, 0.15) is 284 Å². The number of nitrogens with one attached hydrogen (secondary N) is 1. The number of hydrogen-bond acceptors (Lipinski definition) is 8. The Morgan fingerprint density at radius 2 is 0.826 bits per heavy atom. The molecule has 0 aromatic heterocycles. The van der Waals surface area contributed by atoms with Gasteiger partial charge in [0.1, 0.15) is 24.4 Å². The Labute approximate surface area is 425 Å². The maximum absolute atomic E-state index is 13.1. The molecule has 1 saturated heterocycles. The van der Waals surface area contributed by atoms with Crippen LogP contribution < -0.4 is 5.32 Å². The summed E-state index contributed by atoms with van der Waals surface area (Å²) in [5.41, 5.74) is 0. The van der Waals surface area contributed by atoms with Crippen molar-refractivity contribution in [1.82, 2.24) is 5.32 Å². The summed E-state index contributed by atoms with van der Waals surface area (Å²) in [6.45, 7) is 3.79. The minimum atomic E-state index is -1.57. The van der Waals surface area contributed by atoms with Crippen molar-refractivity contribution in [1.29, 1.82) is 0 Å². The molecule has 0 aromatic carbocycles. The normalized spacial score (nSPS) is 19.7. The lowest BCUT2D eigenvalue weighted by atomic mass is 9.99. The molecule has 1 aliphatic heterocycles. The second-order valence-electron chi connectivity index (χ2n) is 20.8. The second kappa shape index (κ2) is 50.0. The topological polar surface area (TPSA) is 149 Å². The van der Waals surface area contributed by atoms with Crippen LogP contribution in [0.25, 0.3) is 0 Å². The van der Waals surface area contributed by atoms with E-state index in [0.717, 1.165) is 51.4 Å². The zero-order valence-electron chi connectivity index (χ0n) is 45.1. The first kappa shape index (κ1) is 65.4. The first-order valence-electron chi connectivity index (χ1n) is 29.7. The number of hydrogen-bond donors (Lipinski definition) is 6. The number of rotatable bonds is 51. The molecule has 0 saturated carbocycles. The van der Waals surface area contributed by atoms with Crippen LogP contribution in [0.3, 0.4) is 0 Å². The SMILES string of the molecule is CCCCCCCCCCCC/C=C\CCCCCCCCCC(=O)NC(COC1OC(CO)C(O)C(O)C1O)C(O)/C=C/CC/C=C/CCCCCCCCCCCCCCCCCCCCC. The number of ether oxygens (including phenoxy) is 2. The van der Waals surface area contributed by atoms with Crippen LogP contribution in [0.4, 0.5) is 0 Å². The van der Waals surface area contributed by atoms with E-state index in [9.17, 15) is 30.3 Å². The van der Waals surface area contributed by atoms with Crippen molar-refractivity contribution < 1.29 is 39.8 Å². The van der Waals surface area contributed by atoms with E-state index in [4.69, 9.17) is 9.47 Å². The van der Waals surface area contributed by atoms with E-state index in [0.29, 0.717) is 6.42 Å². The average Bonchev–Trinajstić information content (AvgIpc) is 3.35. The van der Waals surface area contributed by atoms with Gasteiger partial charge in [-0.15, -0.1) is 0 Å². The lowest BCUT2D eigenvalue weighted by Crippen LogP contribution is -2.60. The van der Waals surface area contributed by atoms with Crippen molar-refractivity contribution in [3.8, 4) is 0 Å². The van der Waals surface area contributed by atoms with Crippen molar-refractivity contribution in [2.75, 3.05) is 13.2 Å². The molecule has 406 valence electrons. The minimum Gasteiger partial charge on any atom is -0.394 e. The molecule has 0 bridgehead atoms. The number of carbonyl (C=O) groups is 1. The summed E-state index contributed by atoms with van der Waals surface area (Å²) in [5.74, 6) is -0.188. The molecular weight excluding hydrogens is 863 g/mol. The number of carbonyl (C=O) groups excluding carboxylic acids is 1. The van der Waals surface area contributed by atoms with Gasteiger partial charge in [-0.05, 0) is 57.8 Å². The lowest BCUT2D eigenvalue weighted by molar-refractivity contribution is -0.302. The smallest absolute Gasteiger partial charge is 0.220 e. The van der Waals surface area contributed by atoms with E-state index in [2.05, 4.69) is 43.5 Å². The highest BCUT2D eigenvalue weighted by atomic mass is 16.7. The van der Waals surface area contributed by atoms with Crippen LogP contribution in [0.15, 0.2) is 36.5 Å². The van der Waals surface area contributed by atoms with Crippen molar-refractivity contribution in [2.45, 2.75) is 326 Å². The Hall–Kier alpha value is -1.59. The number of amides is 1. The highest BCUT2D eigenvalue weighted by Gasteiger charge is 2.44. The maximum Gasteiger partial charge on any atom is 0.220 e. The molecule has 69 heavy (non-hydrogen) atoms. The number of allylic oxidation sites excluding steroid dienone is 5. The molecule has 0 spiro atoms. The summed E-state index contributed by atoms with van der Waals surface area (Å²) < 4.78 is 11.3. The third kappa shape index (κ3) is 39.6.